The van der Waals surface area contributed by atoms with Gasteiger partial charge in [0, 0.05) is 13.1 Å². The van der Waals surface area contributed by atoms with Gasteiger partial charge in [-0.05, 0) is 56.0 Å². The average Bonchev–Trinajstić information content (AvgIpc) is 2.72. The molecule has 7 heteroatoms. The van der Waals surface area contributed by atoms with Crippen LogP contribution in [0, 0.1) is 0 Å². The van der Waals surface area contributed by atoms with Crippen molar-refractivity contribution in [2.24, 2.45) is 0 Å². The van der Waals surface area contributed by atoms with Gasteiger partial charge in [0.1, 0.15) is 0 Å². The molecular weight excluding hydrogens is 400 g/mol. The van der Waals surface area contributed by atoms with Crippen LogP contribution in [0.3, 0.4) is 0 Å². The van der Waals surface area contributed by atoms with Crippen LogP contribution >= 0.6 is 0 Å². The van der Waals surface area contributed by atoms with Crippen molar-refractivity contribution in [3.63, 3.8) is 0 Å². The number of amides is 1. The van der Waals surface area contributed by atoms with Crippen LogP contribution in [0.4, 0.5) is 5.69 Å². The number of anilines is 1. The lowest BCUT2D eigenvalue weighted by Crippen LogP contribution is -2.48. The molecule has 1 aliphatic heterocycles. The van der Waals surface area contributed by atoms with E-state index in [1.807, 2.05) is 26.0 Å². The van der Waals surface area contributed by atoms with E-state index in [0.717, 1.165) is 12.0 Å². The second-order valence-electron chi connectivity index (χ2n) is 8.00. The van der Waals surface area contributed by atoms with Gasteiger partial charge in [-0.2, -0.15) is 0 Å². The Kier molecular flexibility index (Phi) is 6.83. The number of benzene rings is 2. The maximum absolute atomic E-state index is 13.1. The third kappa shape index (κ3) is 5.02. The standard InChI is InChI=1S/C23H30N2O4S/c1-5-16(2)19-10-12-20(13-11-19)30(27,28)24-22-9-7-6-8-21(22)23(26)25-14-17(3)29-18(4)15-25/h6-13,16-18,24H,5,14-15H2,1-4H3/t16-,17-,18+/m0/s1. The predicted octanol–water partition coefficient (Wildman–Crippen LogP) is 4.25. The molecule has 1 N–H and O–H groups in total. The van der Waals surface area contributed by atoms with Gasteiger partial charge in [0.2, 0.25) is 0 Å². The first-order valence-electron chi connectivity index (χ1n) is 10.4. The molecule has 0 aromatic heterocycles. The van der Waals surface area contributed by atoms with Gasteiger partial charge in [0.25, 0.3) is 15.9 Å². The largest absolute Gasteiger partial charge is 0.372 e. The molecule has 0 spiro atoms. The number of carbonyl (C=O) groups excluding carboxylic acids is 1. The molecule has 6 nitrogen and oxygen atoms in total. The maximum atomic E-state index is 13.1. The third-order valence-electron chi connectivity index (χ3n) is 5.48. The Hall–Kier alpha value is -2.38. The molecule has 30 heavy (non-hydrogen) atoms. The molecule has 0 bridgehead atoms. The van der Waals surface area contributed by atoms with E-state index in [-0.39, 0.29) is 28.7 Å². The SMILES string of the molecule is CC[C@H](C)c1ccc(S(=O)(=O)Nc2ccccc2C(=O)N2C[C@@H](C)O[C@@H](C)C2)cc1. The zero-order valence-electron chi connectivity index (χ0n) is 18.0. The van der Waals surface area contributed by atoms with Crippen LogP contribution in [-0.4, -0.2) is 44.5 Å². The fourth-order valence-corrected chi connectivity index (χ4v) is 4.77. The summed E-state index contributed by atoms with van der Waals surface area (Å²) in [5.41, 5.74) is 1.71. The van der Waals surface area contributed by atoms with Gasteiger partial charge in [-0.15, -0.1) is 0 Å². The molecule has 2 aromatic carbocycles. The Morgan fingerprint density at radius 3 is 2.30 bits per heavy atom. The zero-order chi connectivity index (χ0) is 21.9. The van der Waals surface area contributed by atoms with Crippen LogP contribution < -0.4 is 4.72 Å². The first kappa shape index (κ1) is 22.3. The van der Waals surface area contributed by atoms with Crippen LogP contribution in [0.2, 0.25) is 0 Å². The van der Waals surface area contributed by atoms with E-state index in [1.54, 1.807) is 41.3 Å². The summed E-state index contributed by atoms with van der Waals surface area (Å²) in [6, 6.07) is 13.6. The van der Waals surface area contributed by atoms with Crippen LogP contribution in [0.5, 0.6) is 0 Å². The first-order valence-corrected chi connectivity index (χ1v) is 11.9. The van der Waals surface area contributed by atoms with Crippen LogP contribution in [0.15, 0.2) is 53.4 Å². The highest BCUT2D eigenvalue weighted by Gasteiger charge is 2.28. The van der Waals surface area contributed by atoms with E-state index in [4.69, 9.17) is 4.74 Å². The number of sulfonamides is 1. The molecule has 0 saturated carbocycles. The molecule has 2 aromatic rings. The number of rotatable bonds is 6. The average molecular weight is 431 g/mol. The highest BCUT2D eigenvalue weighted by atomic mass is 32.2. The summed E-state index contributed by atoms with van der Waals surface area (Å²) >= 11 is 0. The van der Waals surface area contributed by atoms with Gasteiger partial charge in [0.15, 0.2) is 0 Å². The smallest absolute Gasteiger partial charge is 0.261 e. The molecule has 1 saturated heterocycles. The first-order chi connectivity index (χ1) is 14.2. The van der Waals surface area contributed by atoms with Crippen molar-refractivity contribution in [2.75, 3.05) is 17.8 Å². The summed E-state index contributed by atoms with van der Waals surface area (Å²) in [6.45, 7) is 9.00. The minimum absolute atomic E-state index is 0.0643. The predicted molar refractivity (Wildman–Crippen MR) is 118 cm³/mol. The highest BCUT2D eigenvalue weighted by molar-refractivity contribution is 7.92. The van der Waals surface area contributed by atoms with Crippen LogP contribution in [0.25, 0.3) is 0 Å². The van der Waals surface area contributed by atoms with Crippen molar-refractivity contribution in [3.05, 3.63) is 59.7 Å². The summed E-state index contributed by atoms with van der Waals surface area (Å²) in [7, 11) is -3.82. The number of hydrogen-bond acceptors (Lipinski definition) is 4. The maximum Gasteiger partial charge on any atom is 0.261 e. The number of nitrogens with one attached hydrogen (secondary N) is 1. The Labute approximate surface area is 179 Å². The van der Waals surface area contributed by atoms with Crippen molar-refractivity contribution < 1.29 is 17.9 Å². The summed E-state index contributed by atoms with van der Waals surface area (Å²) < 4.78 is 34.2. The number of nitrogens with zero attached hydrogens (tertiary/aromatic N) is 1. The molecule has 3 rings (SSSR count). The van der Waals surface area contributed by atoms with Gasteiger partial charge in [-0.3, -0.25) is 9.52 Å². The second-order valence-corrected chi connectivity index (χ2v) is 9.68. The van der Waals surface area contributed by atoms with E-state index in [2.05, 4.69) is 18.6 Å². The van der Waals surface area contributed by atoms with E-state index in [0.29, 0.717) is 24.6 Å². The lowest BCUT2D eigenvalue weighted by atomic mass is 9.99. The van der Waals surface area contributed by atoms with E-state index >= 15 is 0 Å². The quantitative estimate of drug-likeness (QED) is 0.743. The lowest BCUT2D eigenvalue weighted by molar-refractivity contribution is -0.0585. The van der Waals surface area contributed by atoms with Gasteiger partial charge in [0.05, 0.1) is 28.4 Å². The normalized spacial score (nSPS) is 20.6. The van der Waals surface area contributed by atoms with Crippen molar-refractivity contribution in [1.82, 2.24) is 4.90 Å². The molecule has 1 heterocycles. The third-order valence-corrected chi connectivity index (χ3v) is 6.86. The second kappa shape index (κ2) is 9.18. The summed E-state index contributed by atoms with van der Waals surface area (Å²) in [4.78, 5) is 15.0. The number of carbonyl (C=O) groups is 1. The Balaban J connectivity index is 1.84. The van der Waals surface area contributed by atoms with Gasteiger partial charge in [-0.1, -0.05) is 38.1 Å². The fourth-order valence-electron chi connectivity index (χ4n) is 3.69. The van der Waals surface area contributed by atoms with E-state index in [1.165, 1.54) is 0 Å². The highest BCUT2D eigenvalue weighted by Crippen LogP contribution is 2.25. The van der Waals surface area contributed by atoms with Crippen molar-refractivity contribution in [2.45, 2.75) is 57.1 Å². The minimum Gasteiger partial charge on any atom is -0.372 e. The monoisotopic (exact) mass is 430 g/mol. The lowest BCUT2D eigenvalue weighted by Gasteiger charge is -2.35. The molecular formula is C23H30N2O4S. The Morgan fingerprint density at radius 1 is 1.10 bits per heavy atom. The van der Waals surface area contributed by atoms with Gasteiger partial charge >= 0.3 is 0 Å². The van der Waals surface area contributed by atoms with E-state index in [9.17, 15) is 13.2 Å². The van der Waals surface area contributed by atoms with Gasteiger partial charge < -0.3 is 9.64 Å². The zero-order valence-corrected chi connectivity index (χ0v) is 18.8. The molecule has 1 fully saturated rings. The fraction of sp³-hybridized carbons (Fsp3) is 0.435. The van der Waals surface area contributed by atoms with Crippen molar-refractivity contribution >= 4 is 21.6 Å². The topological polar surface area (TPSA) is 75.7 Å². The van der Waals surface area contributed by atoms with E-state index < -0.39 is 10.0 Å². The minimum atomic E-state index is -3.82. The Bertz CT molecular complexity index is 979. The molecule has 1 amide bonds. The molecule has 0 radical (unpaired) electrons. The van der Waals surface area contributed by atoms with Gasteiger partial charge in [-0.25, -0.2) is 8.42 Å². The molecule has 162 valence electrons. The van der Waals surface area contributed by atoms with Crippen LogP contribution in [0.1, 0.15) is 56.0 Å². The number of para-hydroxylation sites is 1. The molecule has 1 aliphatic rings. The summed E-state index contributed by atoms with van der Waals surface area (Å²) in [5.74, 6) is 0.161. The van der Waals surface area contributed by atoms with Crippen molar-refractivity contribution in [3.8, 4) is 0 Å². The molecule has 3 atom stereocenters. The summed E-state index contributed by atoms with van der Waals surface area (Å²) in [6.07, 6.45) is 0.856. The molecule has 0 unspecified atom stereocenters. The number of morpholine rings is 1. The van der Waals surface area contributed by atoms with Crippen molar-refractivity contribution in [1.29, 1.82) is 0 Å². The molecule has 0 aliphatic carbocycles. The van der Waals surface area contributed by atoms with Crippen LogP contribution in [-0.2, 0) is 14.8 Å². The Morgan fingerprint density at radius 2 is 1.70 bits per heavy atom. The number of ether oxygens (including phenoxy) is 1. The summed E-state index contributed by atoms with van der Waals surface area (Å²) in [5, 5.41) is 0. The number of hydrogen-bond donors (Lipinski definition) is 1.